The van der Waals surface area contributed by atoms with Gasteiger partial charge in [-0.1, -0.05) is 36.4 Å². The van der Waals surface area contributed by atoms with Crippen LogP contribution in [0.1, 0.15) is 33.6 Å². The van der Waals surface area contributed by atoms with Crippen molar-refractivity contribution in [3.8, 4) is 0 Å². The van der Waals surface area contributed by atoms with Crippen LogP contribution in [0.3, 0.4) is 0 Å². The summed E-state index contributed by atoms with van der Waals surface area (Å²) in [5.41, 5.74) is 2.75. The minimum atomic E-state index is -3.55. The number of amides is 1. The van der Waals surface area contributed by atoms with Crippen molar-refractivity contribution < 1.29 is 13.2 Å². The molecule has 3 heterocycles. The molecule has 2 aromatic carbocycles. The molecule has 1 aliphatic rings. The van der Waals surface area contributed by atoms with Crippen molar-refractivity contribution in [3.05, 3.63) is 95.0 Å². The summed E-state index contributed by atoms with van der Waals surface area (Å²) in [4.78, 5) is 17.5. The third kappa shape index (κ3) is 5.49. The normalized spacial score (nSPS) is 15.2. The minimum Gasteiger partial charge on any atom is -0.347 e. The van der Waals surface area contributed by atoms with Gasteiger partial charge in [-0.15, -0.1) is 11.3 Å². The number of carbonyl (C=O) groups excluding carboxylic acids is 1. The Balaban J connectivity index is 1.14. The van der Waals surface area contributed by atoms with Crippen LogP contribution in [0.4, 0.5) is 0 Å². The molecule has 4 aromatic rings. The molecule has 5 rings (SSSR count). The SMILES string of the molecule is O=C(NCc1ccc(S(=O)(=O)N2CCC(NCc3ccnc4ccccc34)CC2)s1)c1ccccc1. The van der Waals surface area contributed by atoms with Gasteiger partial charge in [0.15, 0.2) is 0 Å². The number of fused-ring (bicyclic) bond motifs is 1. The van der Waals surface area contributed by atoms with Crippen LogP contribution < -0.4 is 10.6 Å². The summed E-state index contributed by atoms with van der Waals surface area (Å²) in [5, 5.41) is 7.59. The topological polar surface area (TPSA) is 91.4 Å². The molecule has 0 saturated carbocycles. The standard InChI is InChI=1S/C27H28N4O3S2/c32-27(20-6-2-1-3-7-20)30-19-23-10-11-26(35-23)36(33,34)31-16-13-22(14-17-31)29-18-21-12-15-28-25-9-5-4-8-24(21)25/h1-12,15,22,29H,13-14,16-19H2,(H,30,32). The number of benzene rings is 2. The molecule has 0 unspecified atom stereocenters. The van der Waals surface area contributed by atoms with Gasteiger partial charge < -0.3 is 10.6 Å². The summed E-state index contributed by atoms with van der Waals surface area (Å²) in [6.07, 6.45) is 3.35. The lowest BCUT2D eigenvalue weighted by molar-refractivity contribution is 0.0951. The average molecular weight is 521 g/mol. The highest BCUT2D eigenvalue weighted by Gasteiger charge is 2.30. The fourth-order valence-corrected chi connectivity index (χ4v) is 7.36. The Labute approximate surface area is 215 Å². The van der Waals surface area contributed by atoms with Crippen LogP contribution in [-0.4, -0.2) is 42.7 Å². The van der Waals surface area contributed by atoms with Gasteiger partial charge in [0, 0.05) is 47.7 Å². The number of hydrogen-bond acceptors (Lipinski definition) is 6. The second-order valence-corrected chi connectivity index (χ2v) is 12.1. The predicted octanol–water partition coefficient (Wildman–Crippen LogP) is 4.17. The van der Waals surface area contributed by atoms with E-state index in [2.05, 4.69) is 21.7 Å². The Morgan fingerprint density at radius 1 is 0.944 bits per heavy atom. The van der Waals surface area contributed by atoms with Crippen LogP contribution in [0.5, 0.6) is 0 Å². The van der Waals surface area contributed by atoms with Gasteiger partial charge in [0.25, 0.3) is 15.9 Å². The number of hydrogen-bond donors (Lipinski definition) is 2. The Hall–Kier alpha value is -3.11. The summed E-state index contributed by atoms with van der Waals surface area (Å²) in [6.45, 7) is 1.98. The third-order valence-corrected chi connectivity index (χ3v) is 9.92. The molecular weight excluding hydrogens is 492 g/mol. The zero-order valence-corrected chi connectivity index (χ0v) is 21.4. The summed E-state index contributed by atoms with van der Waals surface area (Å²) < 4.78 is 28.3. The molecule has 36 heavy (non-hydrogen) atoms. The predicted molar refractivity (Wildman–Crippen MR) is 142 cm³/mol. The van der Waals surface area contributed by atoms with Gasteiger partial charge in [0.05, 0.1) is 12.1 Å². The Morgan fingerprint density at radius 3 is 2.50 bits per heavy atom. The van der Waals surface area contributed by atoms with E-state index in [0.717, 1.165) is 35.2 Å². The first kappa shape index (κ1) is 24.6. The number of sulfonamides is 1. The van der Waals surface area contributed by atoms with E-state index in [1.54, 1.807) is 28.6 Å². The number of pyridine rings is 1. The van der Waals surface area contributed by atoms with E-state index in [1.807, 2.05) is 48.7 Å². The first-order chi connectivity index (χ1) is 17.5. The van der Waals surface area contributed by atoms with Gasteiger partial charge in [-0.3, -0.25) is 9.78 Å². The molecule has 1 saturated heterocycles. The molecule has 1 fully saturated rings. The Morgan fingerprint density at radius 2 is 1.69 bits per heavy atom. The van der Waals surface area contributed by atoms with Crippen molar-refractivity contribution in [2.24, 2.45) is 0 Å². The van der Waals surface area contributed by atoms with E-state index in [1.165, 1.54) is 16.9 Å². The highest BCUT2D eigenvalue weighted by atomic mass is 32.2. The van der Waals surface area contributed by atoms with E-state index in [4.69, 9.17) is 0 Å². The highest BCUT2D eigenvalue weighted by molar-refractivity contribution is 7.91. The Bertz CT molecular complexity index is 1440. The molecule has 0 spiro atoms. The molecule has 1 amide bonds. The zero-order valence-electron chi connectivity index (χ0n) is 19.8. The number of nitrogens with one attached hydrogen (secondary N) is 2. The van der Waals surface area contributed by atoms with Crippen molar-refractivity contribution >= 4 is 38.2 Å². The molecule has 2 aromatic heterocycles. The van der Waals surface area contributed by atoms with Crippen LogP contribution >= 0.6 is 11.3 Å². The van der Waals surface area contributed by atoms with E-state index in [9.17, 15) is 13.2 Å². The van der Waals surface area contributed by atoms with E-state index < -0.39 is 10.0 Å². The zero-order chi connectivity index (χ0) is 25.0. The van der Waals surface area contributed by atoms with Crippen molar-refractivity contribution in [2.75, 3.05) is 13.1 Å². The largest absolute Gasteiger partial charge is 0.347 e. The quantitative estimate of drug-likeness (QED) is 0.364. The maximum Gasteiger partial charge on any atom is 0.252 e. The second kappa shape index (κ2) is 10.9. The second-order valence-electron chi connectivity index (χ2n) is 8.82. The molecule has 0 atom stereocenters. The highest BCUT2D eigenvalue weighted by Crippen LogP contribution is 2.27. The van der Waals surface area contributed by atoms with Gasteiger partial charge in [-0.25, -0.2) is 8.42 Å². The number of nitrogens with zero attached hydrogens (tertiary/aromatic N) is 2. The Kier molecular flexibility index (Phi) is 7.43. The van der Waals surface area contributed by atoms with E-state index >= 15 is 0 Å². The number of aromatic nitrogens is 1. The lowest BCUT2D eigenvalue weighted by Gasteiger charge is -2.31. The molecular formula is C27H28N4O3S2. The van der Waals surface area contributed by atoms with Gasteiger partial charge in [-0.2, -0.15) is 4.31 Å². The third-order valence-electron chi connectivity index (χ3n) is 6.46. The lowest BCUT2D eigenvalue weighted by atomic mass is 10.1. The first-order valence-corrected chi connectivity index (χ1v) is 14.2. The van der Waals surface area contributed by atoms with E-state index in [0.29, 0.717) is 29.4 Å². The number of thiophene rings is 1. The number of carbonyl (C=O) groups is 1. The molecule has 2 N–H and O–H groups in total. The molecule has 0 bridgehead atoms. The molecule has 0 aliphatic carbocycles. The maximum atomic E-state index is 13.2. The number of rotatable bonds is 8. The van der Waals surface area contributed by atoms with Crippen LogP contribution in [0.25, 0.3) is 10.9 Å². The first-order valence-electron chi connectivity index (χ1n) is 12.0. The maximum absolute atomic E-state index is 13.2. The molecule has 9 heteroatoms. The fourth-order valence-electron chi connectivity index (χ4n) is 4.44. The molecule has 1 aliphatic heterocycles. The molecule has 186 valence electrons. The smallest absolute Gasteiger partial charge is 0.252 e. The molecule has 7 nitrogen and oxygen atoms in total. The summed E-state index contributed by atoms with van der Waals surface area (Å²) in [7, 11) is -3.55. The van der Waals surface area contributed by atoms with Gasteiger partial charge in [0.1, 0.15) is 4.21 Å². The van der Waals surface area contributed by atoms with Crippen molar-refractivity contribution in [3.63, 3.8) is 0 Å². The summed E-state index contributed by atoms with van der Waals surface area (Å²) in [6, 6.07) is 22.8. The van der Waals surface area contributed by atoms with Gasteiger partial charge in [0.2, 0.25) is 0 Å². The summed E-state index contributed by atoms with van der Waals surface area (Å²) in [5.74, 6) is -0.178. The molecule has 0 radical (unpaired) electrons. The lowest BCUT2D eigenvalue weighted by Crippen LogP contribution is -2.44. The fraction of sp³-hybridized carbons (Fsp3) is 0.259. The van der Waals surface area contributed by atoms with Crippen LogP contribution in [0, 0.1) is 0 Å². The number of para-hydroxylation sites is 1. The number of piperidine rings is 1. The van der Waals surface area contributed by atoms with Crippen molar-refractivity contribution in [2.45, 2.75) is 36.2 Å². The van der Waals surface area contributed by atoms with Crippen molar-refractivity contribution in [1.82, 2.24) is 19.9 Å². The average Bonchev–Trinajstić information content (AvgIpc) is 3.41. The van der Waals surface area contributed by atoms with Crippen molar-refractivity contribution in [1.29, 1.82) is 0 Å². The van der Waals surface area contributed by atoms with Gasteiger partial charge in [-0.05, 0) is 54.8 Å². The monoisotopic (exact) mass is 520 g/mol. The van der Waals surface area contributed by atoms with Gasteiger partial charge >= 0.3 is 0 Å². The van der Waals surface area contributed by atoms with Crippen LogP contribution in [-0.2, 0) is 23.1 Å². The van der Waals surface area contributed by atoms with Crippen LogP contribution in [0.15, 0.2) is 83.2 Å². The van der Waals surface area contributed by atoms with Crippen LogP contribution in [0.2, 0.25) is 0 Å². The summed E-state index contributed by atoms with van der Waals surface area (Å²) >= 11 is 1.21. The minimum absolute atomic E-state index is 0.178. The van der Waals surface area contributed by atoms with E-state index in [-0.39, 0.29) is 11.9 Å².